The number of rotatable bonds is 14. The zero-order valence-corrected chi connectivity index (χ0v) is 29.7. The van der Waals surface area contributed by atoms with E-state index in [1.165, 1.54) is 0 Å². The molecule has 19 nitrogen and oxygen atoms in total. The number of amides is 2. The maximum Gasteiger partial charge on any atom is 0.317 e. The van der Waals surface area contributed by atoms with E-state index in [0.29, 0.717) is 11.3 Å². The van der Waals surface area contributed by atoms with Crippen molar-refractivity contribution in [2.75, 3.05) is 83.9 Å². The number of primary sulfonamides is 1. The van der Waals surface area contributed by atoms with Gasteiger partial charge in [-0.15, -0.1) is 10.2 Å². The number of nitrogens with one attached hydrogen (secondary N) is 2. The van der Waals surface area contributed by atoms with Crippen molar-refractivity contribution in [2.45, 2.75) is 16.8 Å². The third-order valence-corrected chi connectivity index (χ3v) is 10.3. The second-order valence-corrected chi connectivity index (χ2v) is 14.9. The van der Waals surface area contributed by atoms with Gasteiger partial charge in [0.15, 0.2) is 0 Å². The average Bonchev–Trinajstić information content (AvgIpc) is 3.54. The zero-order valence-electron chi connectivity index (χ0n) is 28.1. The fourth-order valence-electron chi connectivity index (χ4n) is 5.61. The van der Waals surface area contributed by atoms with Crippen LogP contribution in [0.2, 0.25) is 0 Å². The highest BCUT2D eigenvalue weighted by Gasteiger charge is 2.26. The van der Waals surface area contributed by atoms with Crippen molar-refractivity contribution >= 4 is 67.0 Å². The van der Waals surface area contributed by atoms with Crippen LogP contribution in [0, 0.1) is 0 Å². The Bertz CT molecular complexity index is 1830. The number of fused-ring (bicyclic) bond motifs is 1. The molecule has 0 bridgehead atoms. The van der Waals surface area contributed by atoms with Gasteiger partial charge in [-0.2, -0.15) is 0 Å². The van der Waals surface area contributed by atoms with Crippen LogP contribution in [0.15, 0.2) is 46.8 Å². The van der Waals surface area contributed by atoms with Gasteiger partial charge < -0.3 is 20.6 Å². The lowest BCUT2D eigenvalue weighted by atomic mass is 10.0. The third-order valence-electron chi connectivity index (χ3n) is 8.16. The van der Waals surface area contributed by atoms with Crippen molar-refractivity contribution in [1.82, 2.24) is 35.1 Å². The molecule has 1 saturated heterocycles. The third kappa shape index (κ3) is 13.2. The molecule has 52 heavy (non-hydrogen) atoms. The van der Waals surface area contributed by atoms with E-state index < -0.39 is 50.1 Å². The molecule has 1 aliphatic heterocycles. The summed E-state index contributed by atoms with van der Waals surface area (Å²) >= 11 is 0.551. The van der Waals surface area contributed by atoms with Crippen LogP contribution in [-0.2, 0) is 40.4 Å². The molecule has 282 valence electrons. The van der Waals surface area contributed by atoms with Crippen LogP contribution in [-0.4, -0.2) is 168 Å². The van der Waals surface area contributed by atoms with Gasteiger partial charge in [-0.3, -0.25) is 48.9 Å². The molecule has 0 saturated carbocycles. The molecule has 2 aromatic carbocycles. The quantitative estimate of drug-likeness (QED) is 0.102. The summed E-state index contributed by atoms with van der Waals surface area (Å²) in [6.45, 7) is 0.492. The van der Waals surface area contributed by atoms with Crippen molar-refractivity contribution in [2.24, 2.45) is 5.14 Å². The highest BCUT2D eigenvalue weighted by Crippen LogP contribution is 2.20. The summed E-state index contributed by atoms with van der Waals surface area (Å²) in [4.78, 5) is 68.5. The Hall–Kier alpha value is -4.64. The lowest BCUT2D eigenvalue weighted by molar-refractivity contribution is -0.140. The summed E-state index contributed by atoms with van der Waals surface area (Å²) in [5.41, 5.74) is 0.721. The number of anilines is 1. The predicted octanol–water partition coefficient (Wildman–Crippen LogP) is -1.52. The predicted molar refractivity (Wildman–Crippen MR) is 188 cm³/mol. The molecule has 21 heteroatoms. The van der Waals surface area contributed by atoms with Gasteiger partial charge in [0.1, 0.15) is 6.04 Å². The molecule has 0 radical (unpaired) electrons. The Morgan fingerprint density at radius 3 is 1.67 bits per heavy atom. The average molecular weight is 764 g/mol. The monoisotopic (exact) mass is 763 g/mol. The number of carboxylic acids is 3. The summed E-state index contributed by atoms with van der Waals surface area (Å²) in [7, 11) is -4.17. The molecular formula is C31H41N9O10S2. The standard InChI is InChI=1S/C31H41N9O10S2/c32-52(49,50)31-36-35-30(51-31)34-29(48)24(16-21-5-6-22-3-1-2-4-23(22)15-21)33-25(41)17-37-7-9-38(18-26(42)43)11-13-40(20-28(46)47)14-12-39(10-8-37)19-27(44)45/h1-6,15,24H,7-14,16-20H2,(H,33,41)(H,42,43)(H,44,45)(H,46,47)(H2,32,49,50)(H,34,35,48)/t24-/m0/s1. The summed E-state index contributed by atoms with van der Waals surface area (Å²) in [5.74, 6) is -4.48. The molecule has 1 atom stereocenters. The first-order valence-corrected chi connectivity index (χ1v) is 18.5. The second-order valence-electron chi connectivity index (χ2n) is 12.2. The first-order valence-electron chi connectivity index (χ1n) is 16.1. The van der Waals surface area contributed by atoms with Gasteiger partial charge in [0.05, 0.1) is 26.2 Å². The minimum atomic E-state index is -4.17. The lowest BCUT2D eigenvalue weighted by Crippen LogP contribution is -2.52. The second kappa shape index (κ2) is 18.7. The molecule has 4 rings (SSSR count). The van der Waals surface area contributed by atoms with Crippen molar-refractivity contribution in [3.05, 3.63) is 48.0 Å². The number of nitrogens with zero attached hydrogens (tertiary/aromatic N) is 6. The van der Waals surface area contributed by atoms with E-state index in [1.54, 1.807) is 19.6 Å². The van der Waals surface area contributed by atoms with E-state index in [4.69, 9.17) is 5.14 Å². The van der Waals surface area contributed by atoms with E-state index in [1.807, 2.05) is 42.5 Å². The van der Waals surface area contributed by atoms with E-state index in [9.17, 15) is 47.7 Å². The normalized spacial score (nSPS) is 16.7. The fraction of sp³-hybridized carbons (Fsp3) is 0.452. The van der Waals surface area contributed by atoms with Crippen LogP contribution in [0.4, 0.5) is 5.13 Å². The number of carboxylic acid groups (broad SMARTS) is 3. The molecule has 2 heterocycles. The van der Waals surface area contributed by atoms with Gasteiger partial charge in [-0.05, 0) is 16.3 Å². The number of hydrogen-bond donors (Lipinski definition) is 6. The molecule has 0 aliphatic carbocycles. The lowest BCUT2D eigenvalue weighted by Gasteiger charge is -2.33. The Morgan fingerprint density at radius 2 is 1.21 bits per heavy atom. The van der Waals surface area contributed by atoms with Crippen LogP contribution < -0.4 is 15.8 Å². The van der Waals surface area contributed by atoms with Crippen molar-refractivity contribution in [3.8, 4) is 0 Å². The van der Waals surface area contributed by atoms with Gasteiger partial charge in [0.25, 0.3) is 10.0 Å². The summed E-state index contributed by atoms with van der Waals surface area (Å²) in [5, 5.41) is 47.7. The van der Waals surface area contributed by atoms with Crippen LogP contribution in [0.3, 0.4) is 0 Å². The fourth-order valence-corrected chi connectivity index (χ4v) is 6.94. The molecule has 0 unspecified atom stereocenters. The van der Waals surface area contributed by atoms with E-state index in [-0.39, 0.29) is 90.1 Å². The topological polar surface area (TPSA) is 269 Å². The number of aromatic nitrogens is 2. The SMILES string of the molecule is NS(=O)(=O)c1nnc(NC(=O)[C@H](Cc2ccc3ccccc3c2)NC(=O)CN2CCN(CC(=O)O)CCN(CC(=O)O)CCN(CC(=O)O)CC2)s1. The molecule has 1 aromatic heterocycles. The number of benzene rings is 2. The Morgan fingerprint density at radius 1 is 0.731 bits per heavy atom. The number of carbonyl (C=O) groups excluding carboxylic acids is 2. The van der Waals surface area contributed by atoms with E-state index in [0.717, 1.165) is 16.3 Å². The Kier molecular flexibility index (Phi) is 14.5. The van der Waals surface area contributed by atoms with Crippen LogP contribution in [0.25, 0.3) is 10.8 Å². The number of aliphatic carboxylic acids is 3. The van der Waals surface area contributed by atoms with Gasteiger partial charge in [0.2, 0.25) is 21.3 Å². The number of nitrogens with two attached hydrogens (primary N) is 1. The largest absolute Gasteiger partial charge is 0.480 e. The minimum Gasteiger partial charge on any atom is -0.480 e. The summed E-state index contributed by atoms with van der Waals surface area (Å²) in [6.07, 6.45) is 0.0505. The first-order chi connectivity index (χ1) is 24.6. The minimum absolute atomic E-state index is 0.0505. The maximum atomic E-state index is 13.6. The highest BCUT2D eigenvalue weighted by atomic mass is 32.2. The maximum absolute atomic E-state index is 13.6. The number of carbonyl (C=O) groups is 5. The van der Waals surface area contributed by atoms with Gasteiger partial charge in [-0.1, -0.05) is 53.8 Å². The molecular weight excluding hydrogens is 723 g/mol. The molecule has 2 amide bonds. The number of sulfonamides is 1. The Balaban J connectivity index is 1.53. The summed E-state index contributed by atoms with van der Waals surface area (Å²) in [6, 6.07) is 12.0. The first kappa shape index (κ1) is 40.1. The van der Waals surface area contributed by atoms with Crippen LogP contribution in [0.5, 0.6) is 0 Å². The van der Waals surface area contributed by atoms with Crippen LogP contribution in [0.1, 0.15) is 5.56 Å². The number of hydrogen-bond acceptors (Lipinski definition) is 14. The summed E-state index contributed by atoms with van der Waals surface area (Å²) < 4.78 is 22.9. The zero-order chi connectivity index (χ0) is 37.8. The molecule has 1 fully saturated rings. The van der Waals surface area contributed by atoms with Crippen molar-refractivity contribution < 1.29 is 47.7 Å². The van der Waals surface area contributed by atoms with Crippen molar-refractivity contribution in [1.29, 1.82) is 0 Å². The smallest absolute Gasteiger partial charge is 0.317 e. The molecule has 1 aliphatic rings. The van der Waals surface area contributed by atoms with Gasteiger partial charge >= 0.3 is 17.9 Å². The van der Waals surface area contributed by atoms with Crippen LogP contribution >= 0.6 is 11.3 Å². The van der Waals surface area contributed by atoms with E-state index in [2.05, 4.69) is 20.8 Å². The van der Waals surface area contributed by atoms with Gasteiger partial charge in [0, 0.05) is 58.8 Å². The molecule has 0 spiro atoms. The molecule has 7 N–H and O–H groups in total. The molecule has 3 aromatic rings. The van der Waals surface area contributed by atoms with Crippen molar-refractivity contribution in [3.63, 3.8) is 0 Å². The Labute approximate surface area is 303 Å². The highest BCUT2D eigenvalue weighted by molar-refractivity contribution is 7.91. The van der Waals surface area contributed by atoms with E-state index >= 15 is 0 Å². The van der Waals surface area contributed by atoms with Gasteiger partial charge in [-0.25, -0.2) is 13.6 Å².